The smallest absolute Gasteiger partial charge is 0.263 e. The molecule has 19 heavy (non-hydrogen) atoms. The average Bonchev–Trinajstić information content (AvgIpc) is 2.26. The molecule has 0 spiro atoms. The van der Waals surface area contributed by atoms with Crippen LogP contribution >= 0.6 is 23.2 Å². The van der Waals surface area contributed by atoms with Crippen LogP contribution in [0.4, 0.5) is 10.2 Å². The molecule has 0 aliphatic heterocycles. The number of rotatable bonds is 3. The molecule has 8 heteroatoms. The monoisotopic (exact) mass is 320 g/mol. The van der Waals surface area contributed by atoms with Crippen LogP contribution in [0.5, 0.6) is 0 Å². The van der Waals surface area contributed by atoms with Crippen LogP contribution < -0.4 is 4.72 Å². The maximum atomic E-state index is 12.9. The molecule has 0 fully saturated rings. The molecule has 0 saturated heterocycles. The fourth-order valence-corrected chi connectivity index (χ4v) is 3.07. The van der Waals surface area contributed by atoms with Crippen molar-refractivity contribution >= 4 is 39.0 Å². The molecule has 1 N–H and O–H groups in total. The number of hydrogen-bond donors (Lipinski definition) is 1. The summed E-state index contributed by atoms with van der Waals surface area (Å²) in [7, 11) is -3.92. The molecule has 0 aliphatic carbocycles. The summed E-state index contributed by atoms with van der Waals surface area (Å²) in [6.45, 7) is 0. The lowest BCUT2D eigenvalue weighted by molar-refractivity contribution is 0.584. The Labute approximate surface area is 119 Å². The van der Waals surface area contributed by atoms with Crippen molar-refractivity contribution in [3.05, 3.63) is 52.4 Å². The maximum absolute atomic E-state index is 12.9. The van der Waals surface area contributed by atoms with Crippen molar-refractivity contribution in [3.8, 4) is 0 Å². The molecule has 0 bridgehead atoms. The first-order valence-corrected chi connectivity index (χ1v) is 7.22. The van der Waals surface area contributed by atoms with E-state index in [1.807, 2.05) is 0 Å². The number of halogens is 3. The van der Waals surface area contributed by atoms with Gasteiger partial charge in [-0.3, -0.25) is 4.72 Å². The van der Waals surface area contributed by atoms with E-state index < -0.39 is 16.0 Å². The molecular formula is C11H7Cl2FN2O2S. The van der Waals surface area contributed by atoms with Gasteiger partial charge in [0.05, 0.1) is 4.90 Å². The van der Waals surface area contributed by atoms with Gasteiger partial charge in [0.15, 0.2) is 0 Å². The lowest BCUT2D eigenvalue weighted by Gasteiger charge is -2.08. The molecule has 1 aromatic heterocycles. The molecule has 0 atom stereocenters. The van der Waals surface area contributed by atoms with Crippen molar-refractivity contribution < 1.29 is 12.8 Å². The van der Waals surface area contributed by atoms with Gasteiger partial charge in [0, 0.05) is 10.0 Å². The van der Waals surface area contributed by atoms with Gasteiger partial charge < -0.3 is 0 Å². The summed E-state index contributed by atoms with van der Waals surface area (Å²) in [6, 6.07) is 7.64. The van der Waals surface area contributed by atoms with E-state index in [4.69, 9.17) is 23.2 Å². The summed E-state index contributed by atoms with van der Waals surface area (Å²) >= 11 is 11.5. The molecule has 0 radical (unpaired) electrons. The molecule has 1 heterocycles. The Morgan fingerprint density at radius 3 is 2.32 bits per heavy atom. The number of hydrogen-bond acceptors (Lipinski definition) is 3. The standard InChI is InChI=1S/C11H7Cl2FN2O2S/c12-7-4-8(13)6-9(5-7)19(17,18)16-11-3-1-2-10(14)15-11/h1-6H,(H,15,16). The molecule has 0 unspecified atom stereocenters. The topological polar surface area (TPSA) is 59.1 Å². The molecule has 2 rings (SSSR count). The summed E-state index contributed by atoms with van der Waals surface area (Å²) in [5.41, 5.74) is 0. The van der Waals surface area contributed by atoms with Gasteiger partial charge in [0.1, 0.15) is 5.82 Å². The first kappa shape index (κ1) is 14.0. The van der Waals surface area contributed by atoms with Crippen molar-refractivity contribution in [1.82, 2.24) is 4.98 Å². The van der Waals surface area contributed by atoms with Gasteiger partial charge in [-0.25, -0.2) is 13.4 Å². The molecular weight excluding hydrogens is 314 g/mol. The average molecular weight is 321 g/mol. The maximum Gasteiger partial charge on any atom is 0.263 e. The lowest BCUT2D eigenvalue weighted by atomic mass is 10.4. The Balaban J connectivity index is 2.37. The van der Waals surface area contributed by atoms with Gasteiger partial charge in [-0.15, -0.1) is 0 Å². The first-order chi connectivity index (χ1) is 8.87. The van der Waals surface area contributed by atoms with E-state index >= 15 is 0 Å². The van der Waals surface area contributed by atoms with Crippen molar-refractivity contribution in [1.29, 1.82) is 0 Å². The number of anilines is 1. The third kappa shape index (κ3) is 3.56. The lowest BCUT2D eigenvalue weighted by Crippen LogP contribution is -2.14. The summed E-state index contributed by atoms with van der Waals surface area (Å²) in [5.74, 6) is -0.916. The quantitative estimate of drug-likeness (QED) is 0.882. The van der Waals surface area contributed by atoms with Gasteiger partial charge in [-0.1, -0.05) is 29.3 Å². The van der Waals surface area contributed by atoms with Crippen LogP contribution in [0.2, 0.25) is 10.0 Å². The van der Waals surface area contributed by atoms with E-state index in [1.165, 1.54) is 30.3 Å². The number of pyridine rings is 1. The minimum absolute atomic E-state index is 0.129. The van der Waals surface area contributed by atoms with Gasteiger partial charge in [-0.05, 0) is 30.3 Å². The Bertz CT molecular complexity index is 702. The summed E-state index contributed by atoms with van der Waals surface area (Å²) in [6.07, 6.45) is 0. The van der Waals surface area contributed by atoms with E-state index in [-0.39, 0.29) is 20.8 Å². The largest absolute Gasteiger partial charge is 0.263 e. The SMILES string of the molecule is O=S(=O)(Nc1cccc(F)n1)c1cc(Cl)cc(Cl)c1. The van der Waals surface area contributed by atoms with E-state index in [1.54, 1.807) is 0 Å². The first-order valence-electron chi connectivity index (χ1n) is 4.98. The molecule has 2 aromatic rings. The summed E-state index contributed by atoms with van der Waals surface area (Å²) < 4.78 is 39.1. The van der Waals surface area contributed by atoms with Crippen molar-refractivity contribution in [2.75, 3.05) is 4.72 Å². The van der Waals surface area contributed by atoms with Crippen LogP contribution in [0.3, 0.4) is 0 Å². The van der Waals surface area contributed by atoms with Crippen LogP contribution in [0.1, 0.15) is 0 Å². The van der Waals surface area contributed by atoms with Gasteiger partial charge in [-0.2, -0.15) is 4.39 Å². The fourth-order valence-electron chi connectivity index (χ4n) is 1.35. The normalized spacial score (nSPS) is 11.3. The van der Waals surface area contributed by atoms with Gasteiger partial charge in [0.25, 0.3) is 10.0 Å². The van der Waals surface area contributed by atoms with Crippen molar-refractivity contribution in [2.45, 2.75) is 4.90 Å². The van der Waals surface area contributed by atoms with E-state index in [0.717, 1.165) is 6.07 Å². The van der Waals surface area contributed by atoms with Crippen LogP contribution in [0.15, 0.2) is 41.3 Å². The second-order valence-electron chi connectivity index (χ2n) is 3.56. The highest BCUT2D eigenvalue weighted by molar-refractivity contribution is 7.92. The van der Waals surface area contributed by atoms with Gasteiger partial charge in [0.2, 0.25) is 5.95 Å². The highest BCUT2D eigenvalue weighted by Gasteiger charge is 2.16. The number of benzene rings is 1. The van der Waals surface area contributed by atoms with Crippen molar-refractivity contribution in [3.63, 3.8) is 0 Å². The molecule has 0 amide bonds. The van der Waals surface area contributed by atoms with Crippen LogP contribution in [0.25, 0.3) is 0 Å². The molecule has 100 valence electrons. The number of sulfonamides is 1. The minimum atomic E-state index is -3.92. The van der Waals surface area contributed by atoms with Gasteiger partial charge >= 0.3 is 0 Å². The van der Waals surface area contributed by atoms with Crippen LogP contribution in [0, 0.1) is 5.95 Å². The third-order valence-corrected chi connectivity index (χ3v) is 3.87. The molecule has 1 aromatic carbocycles. The zero-order chi connectivity index (χ0) is 14.0. The summed E-state index contributed by atoms with van der Waals surface area (Å²) in [4.78, 5) is 3.28. The predicted octanol–water partition coefficient (Wildman–Crippen LogP) is 3.33. The van der Waals surface area contributed by atoms with E-state index in [2.05, 4.69) is 9.71 Å². The Hall–Kier alpha value is -1.37. The third-order valence-electron chi connectivity index (χ3n) is 2.10. The Morgan fingerprint density at radius 2 is 1.74 bits per heavy atom. The summed E-state index contributed by atoms with van der Waals surface area (Å²) in [5, 5.41) is 0.361. The molecule has 0 saturated carbocycles. The minimum Gasteiger partial charge on any atom is -0.263 e. The van der Waals surface area contributed by atoms with Crippen LogP contribution in [-0.4, -0.2) is 13.4 Å². The second-order valence-corrected chi connectivity index (χ2v) is 6.11. The van der Waals surface area contributed by atoms with E-state index in [0.29, 0.717) is 0 Å². The Kier molecular flexibility index (Phi) is 3.93. The number of aromatic nitrogens is 1. The van der Waals surface area contributed by atoms with E-state index in [9.17, 15) is 12.8 Å². The molecule has 0 aliphatic rings. The highest BCUT2D eigenvalue weighted by Crippen LogP contribution is 2.23. The number of nitrogens with one attached hydrogen (secondary N) is 1. The zero-order valence-electron chi connectivity index (χ0n) is 9.27. The zero-order valence-corrected chi connectivity index (χ0v) is 11.6. The fraction of sp³-hybridized carbons (Fsp3) is 0. The molecule has 4 nitrogen and oxygen atoms in total. The van der Waals surface area contributed by atoms with Crippen LogP contribution in [-0.2, 0) is 10.0 Å². The van der Waals surface area contributed by atoms with Crippen molar-refractivity contribution in [2.24, 2.45) is 0 Å². The highest BCUT2D eigenvalue weighted by atomic mass is 35.5. The predicted molar refractivity (Wildman–Crippen MR) is 71.5 cm³/mol. The Morgan fingerprint density at radius 1 is 1.11 bits per heavy atom. The second kappa shape index (κ2) is 5.32. The number of nitrogens with zero attached hydrogens (tertiary/aromatic N) is 1.